The Morgan fingerprint density at radius 2 is 1.22 bits per heavy atom. The summed E-state index contributed by atoms with van der Waals surface area (Å²) in [6, 6.07) is 63.8. The molecule has 0 aliphatic carbocycles. The van der Waals surface area contributed by atoms with Crippen LogP contribution in [0.3, 0.4) is 0 Å². The van der Waals surface area contributed by atoms with Crippen molar-refractivity contribution >= 4 is 55.7 Å². The minimum absolute atomic E-state index is 0.0418. The average Bonchev–Trinajstić information content (AvgIpc) is 3.96. The maximum atomic E-state index is 6.76. The first kappa shape index (κ1) is 35.6. The van der Waals surface area contributed by atoms with E-state index in [0.29, 0.717) is 6.67 Å². The van der Waals surface area contributed by atoms with E-state index in [0.717, 1.165) is 67.4 Å². The first-order valence-corrected chi connectivity index (χ1v) is 20.5. The van der Waals surface area contributed by atoms with Crippen molar-refractivity contribution in [1.82, 2.24) is 9.55 Å². The van der Waals surface area contributed by atoms with Crippen molar-refractivity contribution in [3.05, 3.63) is 194 Å². The fraction of sp³-hybridized carbons (Fsp3) is 0.0926. The number of para-hydroxylation sites is 4. The van der Waals surface area contributed by atoms with Gasteiger partial charge in [-0.3, -0.25) is 4.57 Å². The Kier molecular flexibility index (Phi) is 8.34. The lowest BCUT2D eigenvalue weighted by Crippen LogP contribution is -2.24. The number of hydrogen-bond donors (Lipinski definition) is 0. The number of fused-ring (bicyclic) bond motifs is 6. The molecule has 6 heteroatoms. The molecule has 0 fully saturated rings. The zero-order valence-electron chi connectivity index (χ0n) is 33.7. The third kappa shape index (κ3) is 5.99. The zero-order chi connectivity index (χ0) is 40.4. The topological polar surface area (TPSA) is 46.7 Å². The molecule has 0 saturated carbocycles. The number of aromatic nitrogens is 2. The number of hydrogen-bond acceptors (Lipinski definition) is 5. The molecule has 3 aromatic heterocycles. The minimum atomic E-state index is -0.0418. The molecule has 0 bridgehead atoms. The van der Waals surface area contributed by atoms with Gasteiger partial charge in [0.1, 0.15) is 35.1 Å². The number of furan rings is 1. The summed E-state index contributed by atoms with van der Waals surface area (Å²) in [5, 5.41) is 2.05. The number of anilines is 4. The minimum Gasteiger partial charge on any atom is -0.457 e. The highest BCUT2D eigenvalue weighted by Gasteiger charge is 2.31. The molecule has 1 aliphatic heterocycles. The molecule has 4 heterocycles. The van der Waals surface area contributed by atoms with E-state index in [4.69, 9.17) is 14.1 Å². The Morgan fingerprint density at radius 1 is 0.567 bits per heavy atom. The highest BCUT2D eigenvalue weighted by molar-refractivity contribution is 6.16. The molecule has 0 atom stereocenters. The summed E-state index contributed by atoms with van der Waals surface area (Å²) in [5.74, 6) is 2.32. The van der Waals surface area contributed by atoms with E-state index in [9.17, 15) is 0 Å². The molecule has 7 aromatic carbocycles. The lowest BCUT2D eigenvalue weighted by Gasteiger charge is -2.27. The summed E-state index contributed by atoms with van der Waals surface area (Å²) in [5.41, 5.74) is 14.1. The number of nitrogens with zero attached hydrogens (tertiary/aromatic N) is 4. The van der Waals surface area contributed by atoms with Crippen molar-refractivity contribution < 1.29 is 9.15 Å². The van der Waals surface area contributed by atoms with Gasteiger partial charge in [0.25, 0.3) is 0 Å². The third-order valence-corrected chi connectivity index (χ3v) is 11.7. The molecule has 1 aliphatic rings. The second kappa shape index (κ2) is 14.1. The maximum absolute atomic E-state index is 6.76. The molecular weight excluding hydrogens is 737 g/mol. The van der Waals surface area contributed by atoms with Crippen molar-refractivity contribution in [1.29, 1.82) is 0 Å². The molecule has 10 aromatic rings. The van der Waals surface area contributed by atoms with Gasteiger partial charge in [-0.15, -0.1) is 0 Å². The Labute approximate surface area is 349 Å². The number of rotatable bonds is 7. The zero-order valence-corrected chi connectivity index (χ0v) is 33.7. The molecule has 11 rings (SSSR count). The van der Waals surface area contributed by atoms with Crippen LogP contribution in [0.2, 0.25) is 0 Å². The van der Waals surface area contributed by atoms with E-state index in [1.165, 1.54) is 33.5 Å². The van der Waals surface area contributed by atoms with Crippen molar-refractivity contribution in [2.45, 2.75) is 26.2 Å². The molecule has 0 saturated heterocycles. The van der Waals surface area contributed by atoms with Crippen molar-refractivity contribution in [2.24, 2.45) is 0 Å². The van der Waals surface area contributed by atoms with Crippen LogP contribution in [-0.4, -0.2) is 16.2 Å². The number of ether oxygens (including phenoxy) is 1. The summed E-state index contributed by atoms with van der Waals surface area (Å²) in [7, 11) is 0. The Morgan fingerprint density at radius 3 is 1.95 bits per heavy atom. The van der Waals surface area contributed by atoms with Gasteiger partial charge in [0, 0.05) is 45.9 Å². The average molecular weight is 779 g/mol. The molecule has 60 heavy (non-hydrogen) atoms. The number of pyridine rings is 1. The van der Waals surface area contributed by atoms with Crippen molar-refractivity contribution in [3.63, 3.8) is 0 Å². The van der Waals surface area contributed by atoms with Gasteiger partial charge >= 0.3 is 0 Å². The fourth-order valence-corrected chi connectivity index (χ4v) is 8.77. The van der Waals surface area contributed by atoms with Crippen LogP contribution in [0, 0.1) is 0 Å². The van der Waals surface area contributed by atoms with E-state index in [2.05, 4.69) is 193 Å². The van der Waals surface area contributed by atoms with E-state index in [1.54, 1.807) is 0 Å². The van der Waals surface area contributed by atoms with Gasteiger partial charge in [-0.1, -0.05) is 130 Å². The molecule has 0 unspecified atom stereocenters. The Balaban J connectivity index is 0.989. The van der Waals surface area contributed by atoms with Crippen LogP contribution < -0.4 is 14.5 Å². The molecule has 6 nitrogen and oxygen atoms in total. The largest absolute Gasteiger partial charge is 0.457 e. The first-order valence-electron chi connectivity index (χ1n) is 20.5. The summed E-state index contributed by atoms with van der Waals surface area (Å²) >= 11 is 0. The van der Waals surface area contributed by atoms with E-state index in [-0.39, 0.29) is 5.41 Å². The van der Waals surface area contributed by atoms with Gasteiger partial charge in [0.2, 0.25) is 0 Å². The van der Waals surface area contributed by atoms with Crippen LogP contribution in [0.15, 0.2) is 193 Å². The van der Waals surface area contributed by atoms with Gasteiger partial charge in [-0.25, -0.2) is 4.98 Å². The predicted molar refractivity (Wildman–Crippen MR) is 246 cm³/mol. The predicted octanol–water partition coefficient (Wildman–Crippen LogP) is 14.6. The Hall–Kier alpha value is -7.57. The lowest BCUT2D eigenvalue weighted by atomic mass is 9.88. The normalized spacial score (nSPS) is 12.8. The quantitative estimate of drug-likeness (QED) is 0.161. The van der Waals surface area contributed by atoms with Crippen LogP contribution >= 0.6 is 0 Å². The molecule has 0 amide bonds. The second-order valence-corrected chi connectivity index (χ2v) is 16.5. The summed E-state index contributed by atoms with van der Waals surface area (Å²) in [6.45, 7) is 7.31. The monoisotopic (exact) mass is 778 g/mol. The van der Waals surface area contributed by atoms with Crippen LogP contribution in [-0.2, 0) is 5.41 Å². The summed E-state index contributed by atoms with van der Waals surface area (Å²) in [6.07, 6.45) is 1.90. The molecular formula is C54H42N4O2. The van der Waals surface area contributed by atoms with Crippen LogP contribution in [0.25, 0.3) is 61.0 Å². The van der Waals surface area contributed by atoms with Crippen molar-refractivity contribution in [3.8, 4) is 39.6 Å². The SMILES string of the molecule is CC(C)(C)c1ccnc(-n2c3cc(Oc4cccc(N5CN(c6c(-c7ccccc7)cccc6-c6ccccc6)c6ccccc65)c4)ccc3c3oc4ccccc4c32)c1. The van der Waals surface area contributed by atoms with Gasteiger partial charge in [0.05, 0.1) is 22.6 Å². The summed E-state index contributed by atoms with van der Waals surface area (Å²) < 4.78 is 15.5. The Bertz CT molecular complexity index is 3160. The molecule has 0 N–H and O–H groups in total. The first-order chi connectivity index (χ1) is 29.4. The lowest BCUT2D eigenvalue weighted by molar-refractivity contribution is 0.483. The molecule has 0 radical (unpaired) electrons. The van der Waals surface area contributed by atoms with Crippen LogP contribution in [0.4, 0.5) is 22.7 Å². The molecule has 0 spiro atoms. The summed E-state index contributed by atoms with van der Waals surface area (Å²) in [4.78, 5) is 9.75. The van der Waals surface area contributed by atoms with Crippen LogP contribution in [0.5, 0.6) is 11.5 Å². The maximum Gasteiger partial charge on any atom is 0.161 e. The highest BCUT2D eigenvalue weighted by atomic mass is 16.5. The van der Waals surface area contributed by atoms with E-state index >= 15 is 0 Å². The third-order valence-electron chi connectivity index (χ3n) is 11.7. The number of benzene rings is 7. The molecule has 290 valence electrons. The highest BCUT2D eigenvalue weighted by Crippen LogP contribution is 2.50. The van der Waals surface area contributed by atoms with Gasteiger partial charge < -0.3 is 19.0 Å². The van der Waals surface area contributed by atoms with Crippen molar-refractivity contribution in [2.75, 3.05) is 16.5 Å². The van der Waals surface area contributed by atoms with Gasteiger partial charge in [0.15, 0.2) is 5.58 Å². The second-order valence-electron chi connectivity index (χ2n) is 16.5. The van der Waals surface area contributed by atoms with Gasteiger partial charge in [-0.2, -0.15) is 0 Å². The standard InChI is InChI=1S/C54H42N4O2/c1-54(2,3)38-30-31-55-50(32-38)58-48-34-41(28-29-44(48)53-52(58)45-22-10-13-27-49(45)60-53)59-40-21-14-20-39(33-40)56-35-57(47-26-12-11-25-46(47)56)51-42(36-16-6-4-7-17-36)23-15-24-43(51)37-18-8-5-9-19-37/h4-34H,35H2,1-3H3. The fourth-order valence-electron chi connectivity index (χ4n) is 8.77. The van der Waals surface area contributed by atoms with E-state index < -0.39 is 0 Å². The smallest absolute Gasteiger partial charge is 0.161 e. The van der Waals surface area contributed by atoms with E-state index in [1.807, 2.05) is 30.5 Å². The van der Waals surface area contributed by atoms with Gasteiger partial charge in [-0.05, 0) is 82.8 Å². The van der Waals surface area contributed by atoms with Crippen LogP contribution in [0.1, 0.15) is 26.3 Å².